The first-order valence-corrected chi connectivity index (χ1v) is 8.73. The molecule has 1 aliphatic rings. The standard InChI is InChI=1S/C18H16F4N4O4/c1-3-14(27)24-13-6-10(4-9(2)23-13)17(28)26-7-11-5-12(19)16(25-15(11)30-26)29-8-18(20,21)22/h4-6H,3,7-8H2,1-2H3,(H,23,24,27). The second-order valence-corrected chi connectivity index (χ2v) is 6.36. The molecule has 8 nitrogen and oxygen atoms in total. The fourth-order valence-electron chi connectivity index (χ4n) is 2.57. The summed E-state index contributed by atoms with van der Waals surface area (Å²) >= 11 is 0. The molecule has 12 heteroatoms. The highest BCUT2D eigenvalue weighted by atomic mass is 19.4. The molecule has 3 heterocycles. The quantitative estimate of drug-likeness (QED) is 0.736. The SMILES string of the molecule is CCC(=O)Nc1cc(C(=O)N2Cc3cc(F)c(OCC(F)(F)F)nc3O2)cc(C)n1. The second kappa shape index (κ2) is 8.13. The van der Waals surface area contributed by atoms with Crippen LogP contribution in [0.4, 0.5) is 23.4 Å². The third-order valence-corrected chi connectivity index (χ3v) is 3.88. The van der Waals surface area contributed by atoms with E-state index in [1.165, 1.54) is 12.1 Å². The molecule has 0 radical (unpaired) electrons. The Morgan fingerprint density at radius 3 is 2.67 bits per heavy atom. The molecule has 0 saturated heterocycles. The van der Waals surface area contributed by atoms with Gasteiger partial charge < -0.3 is 14.9 Å². The van der Waals surface area contributed by atoms with E-state index in [2.05, 4.69) is 20.0 Å². The van der Waals surface area contributed by atoms with Gasteiger partial charge in [-0.05, 0) is 25.1 Å². The highest BCUT2D eigenvalue weighted by molar-refractivity contribution is 5.96. The first-order valence-electron chi connectivity index (χ1n) is 8.73. The fraction of sp³-hybridized carbons (Fsp3) is 0.333. The number of carbonyl (C=O) groups excluding carboxylic acids is 2. The maximum absolute atomic E-state index is 14.0. The number of amides is 2. The van der Waals surface area contributed by atoms with Gasteiger partial charge in [0, 0.05) is 23.2 Å². The van der Waals surface area contributed by atoms with E-state index in [9.17, 15) is 27.2 Å². The van der Waals surface area contributed by atoms with Crippen molar-refractivity contribution in [1.29, 1.82) is 0 Å². The number of carbonyl (C=O) groups is 2. The zero-order chi connectivity index (χ0) is 22.1. The van der Waals surface area contributed by atoms with Crippen molar-refractivity contribution in [1.82, 2.24) is 15.0 Å². The van der Waals surface area contributed by atoms with E-state index in [0.29, 0.717) is 5.69 Å². The normalized spacial score (nSPS) is 12.9. The summed E-state index contributed by atoms with van der Waals surface area (Å²) < 4.78 is 55.1. The third-order valence-electron chi connectivity index (χ3n) is 3.88. The van der Waals surface area contributed by atoms with Crippen molar-refractivity contribution in [2.75, 3.05) is 11.9 Å². The number of hydrogen-bond acceptors (Lipinski definition) is 6. The molecular formula is C18H16F4N4O4. The van der Waals surface area contributed by atoms with Crippen molar-refractivity contribution < 1.29 is 36.7 Å². The van der Waals surface area contributed by atoms with Gasteiger partial charge in [-0.1, -0.05) is 6.92 Å². The van der Waals surface area contributed by atoms with Gasteiger partial charge in [0.1, 0.15) is 5.82 Å². The summed E-state index contributed by atoms with van der Waals surface area (Å²) in [6.45, 7) is 1.38. The van der Waals surface area contributed by atoms with Crippen LogP contribution in [0.3, 0.4) is 0 Å². The third kappa shape index (κ3) is 4.93. The Morgan fingerprint density at radius 2 is 2.00 bits per heavy atom. The van der Waals surface area contributed by atoms with Crippen LogP contribution in [0, 0.1) is 12.7 Å². The lowest BCUT2D eigenvalue weighted by Gasteiger charge is -2.15. The summed E-state index contributed by atoms with van der Waals surface area (Å²) in [7, 11) is 0. The van der Waals surface area contributed by atoms with Crippen molar-refractivity contribution in [3.8, 4) is 11.8 Å². The number of nitrogens with zero attached hydrogens (tertiary/aromatic N) is 3. The smallest absolute Gasteiger partial charge is 0.422 e. The molecule has 0 aromatic carbocycles. The number of alkyl halides is 3. The van der Waals surface area contributed by atoms with E-state index in [1.54, 1.807) is 13.8 Å². The number of hydrogen-bond donors (Lipinski definition) is 1. The van der Waals surface area contributed by atoms with E-state index in [4.69, 9.17) is 4.84 Å². The number of fused-ring (bicyclic) bond motifs is 1. The summed E-state index contributed by atoms with van der Waals surface area (Å²) in [6, 6.07) is 3.70. The first-order chi connectivity index (χ1) is 14.1. The number of hydroxylamine groups is 2. The maximum Gasteiger partial charge on any atom is 0.422 e. The molecule has 160 valence electrons. The van der Waals surface area contributed by atoms with Gasteiger partial charge in [0.15, 0.2) is 12.4 Å². The van der Waals surface area contributed by atoms with Gasteiger partial charge in [-0.2, -0.15) is 23.2 Å². The van der Waals surface area contributed by atoms with Crippen LogP contribution in [0.15, 0.2) is 18.2 Å². The van der Waals surface area contributed by atoms with Gasteiger partial charge in [0.25, 0.3) is 17.7 Å². The van der Waals surface area contributed by atoms with E-state index < -0.39 is 30.4 Å². The Morgan fingerprint density at radius 1 is 1.27 bits per heavy atom. The predicted molar refractivity (Wildman–Crippen MR) is 94.1 cm³/mol. The van der Waals surface area contributed by atoms with Crippen molar-refractivity contribution >= 4 is 17.6 Å². The van der Waals surface area contributed by atoms with Crippen molar-refractivity contribution in [2.24, 2.45) is 0 Å². The molecule has 0 aliphatic carbocycles. The summed E-state index contributed by atoms with van der Waals surface area (Å²) in [6.07, 6.45) is -4.44. The van der Waals surface area contributed by atoms with Crippen LogP contribution in [0.5, 0.6) is 11.8 Å². The number of rotatable bonds is 5. The Labute approximate surface area is 167 Å². The average molecular weight is 428 g/mol. The van der Waals surface area contributed by atoms with Gasteiger partial charge in [0.2, 0.25) is 5.91 Å². The van der Waals surface area contributed by atoms with Crippen molar-refractivity contribution in [2.45, 2.75) is 33.0 Å². The molecule has 0 saturated carbocycles. The molecule has 30 heavy (non-hydrogen) atoms. The van der Waals surface area contributed by atoms with Gasteiger partial charge in [0.05, 0.1) is 6.54 Å². The first kappa shape index (κ1) is 21.3. The minimum absolute atomic E-state index is 0.135. The summed E-state index contributed by atoms with van der Waals surface area (Å²) in [4.78, 5) is 37.3. The summed E-state index contributed by atoms with van der Waals surface area (Å²) in [5.41, 5.74) is 0.747. The van der Waals surface area contributed by atoms with E-state index in [1.807, 2.05) is 0 Å². The largest absolute Gasteiger partial charge is 0.466 e. The van der Waals surface area contributed by atoms with Crippen molar-refractivity contribution in [3.63, 3.8) is 0 Å². The molecule has 2 aromatic rings. The monoisotopic (exact) mass is 428 g/mol. The van der Waals surface area contributed by atoms with Crippen LogP contribution in [0.2, 0.25) is 0 Å². The van der Waals surface area contributed by atoms with Gasteiger partial charge in [-0.3, -0.25) is 9.59 Å². The average Bonchev–Trinajstić information content (AvgIpc) is 3.06. The van der Waals surface area contributed by atoms with Crippen molar-refractivity contribution in [3.05, 3.63) is 40.8 Å². The van der Waals surface area contributed by atoms with Crippen LogP contribution in [0.1, 0.15) is 35.0 Å². The zero-order valence-corrected chi connectivity index (χ0v) is 15.8. The van der Waals surface area contributed by atoms with E-state index in [-0.39, 0.29) is 41.7 Å². The Balaban J connectivity index is 1.77. The van der Waals surface area contributed by atoms with Crippen LogP contribution < -0.4 is 14.9 Å². The Kier molecular flexibility index (Phi) is 5.76. The number of pyridine rings is 2. The number of nitrogens with one attached hydrogen (secondary N) is 1. The topological polar surface area (TPSA) is 93.7 Å². The number of ether oxygens (including phenoxy) is 1. The zero-order valence-electron chi connectivity index (χ0n) is 15.8. The minimum atomic E-state index is -4.67. The molecule has 0 unspecified atom stereocenters. The van der Waals surface area contributed by atoms with Crippen LogP contribution in [-0.2, 0) is 11.3 Å². The molecule has 0 bridgehead atoms. The molecule has 0 atom stereocenters. The molecule has 0 fully saturated rings. The van der Waals surface area contributed by atoms with E-state index in [0.717, 1.165) is 11.1 Å². The molecule has 0 spiro atoms. The summed E-state index contributed by atoms with van der Waals surface area (Å²) in [5, 5.41) is 3.41. The molecule has 3 rings (SSSR count). The number of halogens is 4. The predicted octanol–water partition coefficient (Wildman–Crippen LogP) is 3.16. The number of aromatic nitrogens is 2. The van der Waals surface area contributed by atoms with Crippen LogP contribution >= 0.6 is 0 Å². The Bertz CT molecular complexity index is 997. The maximum atomic E-state index is 14.0. The highest BCUT2D eigenvalue weighted by Gasteiger charge is 2.32. The van der Waals surface area contributed by atoms with Crippen LogP contribution in [0.25, 0.3) is 0 Å². The highest BCUT2D eigenvalue weighted by Crippen LogP contribution is 2.32. The minimum Gasteiger partial charge on any atom is -0.466 e. The lowest BCUT2D eigenvalue weighted by atomic mass is 10.2. The molecule has 2 amide bonds. The summed E-state index contributed by atoms with van der Waals surface area (Å²) in [5.74, 6) is -2.99. The lowest BCUT2D eigenvalue weighted by molar-refractivity contribution is -0.154. The molecular weight excluding hydrogens is 412 g/mol. The van der Waals surface area contributed by atoms with Gasteiger partial charge in [-0.15, -0.1) is 0 Å². The molecule has 1 aliphatic heterocycles. The van der Waals surface area contributed by atoms with Crippen LogP contribution in [-0.4, -0.2) is 39.6 Å². The molecule has 1 N–H and O–H groups in total. The fourth-order valence-corrected chi connectivity index (χ4v) is 2.57. The lowest BCUT2D eigenvalue weighted by Crippen LogP contribution is -2.29. The van der Waals surface area contributed by atoms with E-state index >= 15 is 0 Å². The second-order valence-electron chi connectivity index (χ2n) is 6.36. The number of anilines is 1. The number of aryl methyl sites for hydroxylation is 1. The molecule has 2 aromatic heterocycles. The van der Waals surface area contributed by atoms with Gasteiger partial charge >= 0.3 is 6.18 Å². The van der Waals surface area contributed by atoms with Gasteiger partial charge in [-0.25, -0.2) is 9.37 Å². The Hall–Kier alpha value is -3.44.